The number of hydrogen-bond donors (Lipinski definition) is 0. The number of fused-ring (bicyclic) bond motifs is 15. The third-order valence-electron chi connectivity index (χ3n) is 17.9. The molecule has 0 radical (unpaired) electrons. The molecule has 0 saturated carbocycles. The van der Waals surface area contributed by atoms with Crippen LogP contribution in [0, 0.1) is 13.8 Å². The second-order valence-electron chi connectivity index (χ2n) is 25.9. The van der Waals surface area contributed by atoms with Gasteiger partial charge < -0.3 is 18.3 Å². The normalized spacial score (nSPS) is 14.8. The van der Waals surface area contributed by atoms with Gasteiger partial charge in [0.05, 0.1) is 27.8 Å². The minimum Gasteiger partial charge on any atom is -0.453 e. The Balaban J connectivity index is 1.01. The van der Waals surface area contributed by atoms with Crippen molar-refractivity contribution in [2.45, 2.75) is 105 Å². The van der Waals surface area contributed by atoms with E-state index in [-0.39, 0.29) is 22.2 Å². The Morgan fingerprint density at radius 1 is 0.474 bits per heavy atom. The Bertz CT molecular complexity index is 4710. The second-order valence-corrected chi connectivity index (χ2v) is 25.9. The van der Waals surface area contributed by atoms with Crippen LogP contribution in [0.15, 0.2) is 174 Å². The molecule has 78 heavy (non-hydrogen) atoms. The van der Waals surface area contributed by atoms with Crippen LogP contribution in [0.1, 0.15) is 113 Å². The van der Waals surface area contributed by atoms with Gasteiger partial charge >= 0.3 is 0 Å². The van der Waals surface area contributed by atoms with Gasteiger partial charge in [0.15, 0.2) is 5.58 Å². The number of furan rings is 1. The molecular weight excluding hydrogens is 947 g/mol. The van der Waals surface area contributed by atoms with E-state index in [0.29, 0.717) is 0 Å². The summed E-state index contributed by atoms with van der Waals surface area (Å²) in [6, 6.07) is 64.1. The Morgan fingerprint density at radius 3 is 1.85 bits per heavy atom. The quantitative estimate of drug-likeness (QED) is 0.172. The molecule has 0 saturated heterocycles. The molecule has 0 spiro atoms. The summed E-state index contributed by atoms with van der Waals surface area (Å²) in [5.74, 6) is 0.181. The van der Waals surface area contributed by atoms with Gasteiger partial charge in [-0.15, -0.1) is 0 Å². The first-order valence-electron chi connectivity index (χ1n) is 28.1. The van der Waals surface area contributed by atoms with E-state index >= 15 is 0 Å². The zero-order valence-electron chi connectivity index (χ0n) is 46.8. The number of allylic oxidation sites excluding steroid dienone is 1. The van der Waals surface area contributed by atoms with Crippen LogP contribution in [0.25, 0.3) is 105 Å². The van der Waals surface area contributed by atoms with Crippen molar-refractivity contribution in [2.75, 3.05) is 4.90 Å². The van der Waals surface area contributed by atoms with Gasteiger partial charge in [0.2, 0.25) is 0 Å². The predicted octanol–water partition coefficient (Wildman–Crippen LogP) is 20.7. The Hall–Kier alpha value is -8.34. The van der Waals surface area contributed by atoms with Crippen LogP contribution in [0.5, 0.6) is 0 Å². The molecule has 0 amide bonds. The first-order valence-corrected chi connectivity index (χ1v) is 28.1. The van der Waals surface area contributed by atoms with E-state index in [1.54, 1.807) is 0 Å². The summed E-state index contributed by atoms with van der Waals surface area (Å²) >= 11 is 0. The van der Waals surface area contributed by atoms with Gasteiger partial charge in [-0.05, 0) is 135 Å². The van der Waals surface area contributed by atoms with Crippen molar-refractivity contribution >= 4 is 99.8 Å². The molecule has 0 bridgehead atoms. The molecule has 1 aliphatic carbocycles. The van der Waals surface area contributed by atoms with Crippen LogP contribution in [0.3, 0.4) is 0 Å². The highest BCUT2D eigenvalue weighted by molar-refractivity contribution is 6.21. The standard InChI is InChI=1S/C74H65N3O/c1-42-25-27-46(44-19-14-12-15-20-44)33-63(42)75(67-43(2)26-30-54-53-24-18-23-51(70(53)78-71(54)67)45-21-16-13-17-22-45)50-29-31-52-58-35-48(73(6,7)8)37-60-57-40-65-56(41-66(57)77(68(58)60)64(52)39-50)61-38-49(74(9,10)11)36-59-55-34-47(72(3,4)5)28-32-62(55)76(65)69(59)61/h12-39,41,57H,40H2,1-11H3. The highest BCUT2D eigenvalue weighted by Gasteiger charge is 2.39. The molecule has 4 heteroatoms. The fourth-order valence-corrected chi connectivity index (χ4v) is 13.6. The monoisotopic (exact) mass is 1010 g/mol. The minimum atomic E-state index is -0.0492. The molecule has 2 aliphatic rings. The maximum atomic E-state index is 7.33. The van der Waals surface area contributed by atoms with Gasteiger partial charge in [-0.1, -0.05) is 184 Å². The summed E-state index contributed by atoms with van der Waals surface area (Å²) in [6.45, 7) is 25.7. The number of hydrogen-bond acceptors (Lipinski definition) is 2. The maximum absolute atomic E-state index is 7.33. The van der Waals surface area contributed by atoms with Gasteiger partial charge in [-0.2, -0.15) is 0 Å². The third kappa shape index (κ3) is 6.71. The summed E-state index contributed by atoms with van der Waals surface area (Å²) in [5.41, 5.74) is 26.8. The van der Waals surface area contributed by atoms with Crippen molar-refractivity contribution < 1.29 is 4.42 Å². The van der Waals surface area contributed by atoms with Gasteiger partial charge in [0.25, 0.3) is 0 Å². The largest absolute Gasteiger partial charge is 0.453 e. The SMILES string of the molecule is Cc1ccc(-c2ccccc2)cc1N(c1ccc2c3cc(C(C)(C)C)cc4c3n(c2c1)C1=Cc2c(n3c5ccc(C(C)(C)C)cc5c5cc(C(C)(C)C)cc2c53)CC14)c1c(C)ccc2c1oc1c(-c3ccccc3)cccc12. The number of benzene rings is 9. The minimum absolute atomic E-state index is 0.0271. The molecule has 15 rings (SSSR count). The lowest BCUT2D eigenvalue weighted by molar-refractivity contribution is 0.590. The molecule has 1 unspecified atom stereocenters. The maximum Gasteiger partial charge on any atom is 0.159 e. The molecule has 4 nitrogen and oxygen atoms in total. The summed E-state index contributed by atoms with van der Waals surface area (Å²) < 4.78 is 12.7. The summed E-state index contributed by atoms with van der Waals surface area (Å²) in [7, 11) is 0. The molecule has 9 aromatic carbocycles. The lowest BCUT2D eigenvalue weighted by atomic mass is 9.80. The molecule has 0 fully saturated rings. The van der Waals surface area contributed by atoms with Crippen molar-refractivity contribution in [3.8, 4) is 22.3 Å². The molecule has 0 N–H and O–H groups in total. The van der Waals surface area contributed by atoms with Crippen LogP contribution >= 0.6 is 0 Å². The van der Waals surface area contributed by atoms with Gasteiger partial charge in [-0.3, -0.25) is 0 Å². The van der Waals surface area contributed by atoms with E-state index in [4.69, 9.17) is 4.42 Å². The summed E-state index contributed by atoms with van der Waals surface area (Å²) in [5, 5.41) is 8.90. The number of nitrogens with zero attached hydrogens (tertiary/aromatic N) is 3. The van der Waals surface area contributed by atoms with E-state index in [9.17, 15) is 0 Å². The van der Waals surface area contributed by atoms with Crippen molar-refractivity contribution in [1.29, 1.82) is 0 Å². The van der Waals surface area contributed by atoms with Crippen LogP contribution in [0.4, 0.5) is 17.1 Å². The molecule has 4 aromatic heterocycles. The average molecular weight is 1010 g/mol. The zero-order chi connectivity index (χ0) is 53.5. The molecule has 5 heterocycles. The van der Waals surface area contributed by atoms with Crippen LogP contribution in [-0.4, -0.2) is 8.97 Å². The lowest BCUT2D eigenvalue weighted by Crippen LogP contribution is -2.14. The Labute approximate surface area is 457 Å². The van der Waals surface area contributed by atoms with Gasteiger partial charge in [0.1, 0.15) is 5.58 Å². The van der Waals surface area contributed by atoms with Crippen LogP contribution in [-0.2, 0) is 22.7 Å². The highest BCUT2D eigenvalue weighted by Crippen LogP contribution is 2.56. The van der Waals surface area contributed by atoms with E-state index in [1.807, 2.05) is 0 Å². The van der Waals surface area contributed by atoms with E-state index in [2.05, 4.69) is 266 Å². The molecule has 382 valence electrons. The van der Waals surface area contributed by atoms with E-state index in [0.717, 1.165) is 62.1 Å². The van der Waals surface area contributed by atoms with Crippen molar-refractivity contribution in [2.24, 2.45) is 0 Å². The predicted molar refractivity (Wildman–Crippen MR) is 332 cm³/mol. The van der Waals surface area contributed by atoms with Gasteiger partial charge in [-0.25, -0.2) is 0 Å². The number of aryl methyl sites for hydroxylation is 2. The van der Waals surface area contributed by atoms with Crippen molar-refractivity contribution in [3.05, 3.63) is 214 Å². The molecular formula is C74H65N3O. The lowest BCUT2D eigenvalue weighted by Gasteiger charge is -2.29. The van der Waals surface area contributed by atoms with Gasteiger partial charge in [0, 0.05) is 83.9 Å². The summed E-state index contributed by atoms with van der Waals surface area (Å²) in [4.78, 5) is 2.51. The third-order valence-corrected chi connectivity index (χ3v) is 17.9. The number of anilines is 3. The molecule has 1 aliphatic heterocycles. The van der Waals surface area contributed by atoms with Crippen molar-refractivity contribution in [1.82, 2.24) is 8.97 Å². The van der Waals surface area contributed by atoms with Crippen molar-refractivity contribution in [3.63, 3.8) is 0 Å². The second kappa shape index (κ2) is 16.1. The number of aromatic nitrogens is 2. The highest BCUT2D eigenvalue weighted by atomic mass is 16.3. The van der Waals surface area contributed by atoms with Crippen LogP contribution < -0.4 is 4.90 Å². The Morgan fingerprint density at radius 2 is 1.12 bits per heavy atom. The number of para-hydroxylation sites is 1. The summed E-state index contributed by atoms with van der Waals surface area (Å²) in [6.07, 6.45) is 3.52. The fraction of sp³-hybridized carbons (Fsp3) is 0.216. The zero-order valence-corrected chi connectivity index (χ0v) is 46.8. The average Bonchev–Trinajstić information content (AvgIpc) is 3.97. The molecule has 13 aromatic rings. The van der Waals surface area contributed by atoms with E-state index in [1.165, 1.54) is 105 Å². The fourth-order valence-electron chi connectivity index (χ4n) is 13.6. The van der Waals surface area contributed by atoms with Crippen LogP contribution in [0.2, 0.25) is 0 Å². The van der Waals surface area contributed by atoms with E-state index < -0.39 is 0 Å². The Kier molecular flexibility index (Phi) is 9.69. The smallest absolute Gasteiger partial charge is 0.159 e. The number of rotatable bonds is 5. The topological polar surface area (TPSA) is 25.7 Å². The molecule has 1 atom stereocenters. The first kappa shape index (κ1) is 46.9. The first-order chi connectivity index (χ1) is 37.4.